The molecule has 0 unspecified atom stereocenters. The molecule has 0 aliphatic rings. The predicted octanol–water partition coefficient (Wildman–Crippen LogP) is 3.06. The highest BCUT2D eigenvalue weighted by Crippen LogP contribution is 2.24. The molecule has 0 heterocycles. The van der Waals surface area contributed by atoms with Crippen LogP contribution >= 0.6 is 0 Å². The number of hydrogen-bond donors (Lipinski definition) is 2. The van der Waals surface area contributed by atoms with Gasteiger partial charge in [-0.1, -0.05) is 0 Å². The van der Waals surface area contributed by atoms with Gasteiger partial charge in [-0.15, -0.1) is 0 Å². The Labute approximate surface area is 106 Å². The van der Waals surface area contributed by atoms with Gasteiger partial charge in [-0.25, -0.2) is 13.2 Å². The molecule has 0 radical (unpaired) electrons. The first-order valence-corrected chi connectivity index (χ1v) is 5.22. The van der Waals surface area contributed by atoms with Crippen molar-refractivity contribution < 1.29 is 23.1 Å². The molecule has 0 spiro atoms. The molecule has 2 aromatic rings. The number of benzene rings is 2. The average Bonchev–Trinajstić information content (AvgIpc) is 2.32. The van der Waals surface area contributed by atoms with E-state index in [-0.39, 0.29) is 11.3 Å². The monoisotopic (exact) mass is 267 g/mol. The van der Waals surface area contributed by atoms with E-state index in [1.165, 1.54) is 0 Å². The zero-order chi connectivity index (χ0) is 14.0. The van der Waals surface area contributed by atoms with Crippen LogP contribution in [0.25, 0.3) is 0 Å². The second-order valence-electron chi connectivity index (χ2n) is 3.74. The lowest BCUT2D eigenvalue weighted by Crippen LogP contribution is -2.14. The van der Waals surface area contributed by atoms with E-state index < -0.39 is 29.1 Å². The number of halogens is 3. The molecule has 2 N–H and O–H groups in total. The van der Waals surface area contributed by atoms with Crippen LogP contribution < -0.4 is 5.32 Å². The number of aromatic hydroxyl groups is 1. The number of anilines is 1. The average molecular weight is 267 g/mol. The van der Waals surface area contributed by atoms with Crippen molar-refractivity contribution in [2.45, 2.75) is 0 Å². The highest BCUT2D eigenvalue weighted by Gasteiger charge is 2.14. The Kier molecular flexibility index (Phi) is 3.41. The van der Waals surface area contributed by atoms with Crippen LogP contribution in [0.3, 0.4) is 0 Å². The van der Waals surface area contributed by atoms with Crippen molar-refractivity contribution in [3.05, 3.63) is 59.4 Å². The Bertz CT molecular complexity index is 644. The van der Waals surface area contributed by atoms with Gasteiger partial charge in [0.25, 0.3) is 5.91 Å². The summed E-state index contributed by atoms with van der Waals surface area (Å²) in [6.07, 6.45) is 0. The molecule has 19 heavy (non-hydrogen) atoms. The summed E-state index contributed by atoms with van der Waals surface area (Å²) in [6.45, 7) is 0. The number of phenols is 1. The van der Waals surface area contributed by atoms with Crippen LogP contribution in [0, 0.1) is 17.5 Å². The van der Waals surface area contributed by atoms with Gasteiger partial charge in [0.2, 0.25) is 0 Å². The first kappa shape index (κ1) is 12.9. The number of amides is 1. The van der Waals surface area contributed by atoms with E-state index in [1.54, 1.807) is 0 Å². The highest BCUT2D eigenvalue weighted by molar-refractivity contribution is 6.05. The third kappa shape index (κ3) is 2.85. The fraction of sp³-hybridized carbons (Fsp3) is 0. The fourth-order valence-electron chi connectivity index (χ4n) is 1.47. The van der Waals surface area contributed by atoms with Crippen molar-refractivity contribution in [1.82, 2.24) is 0 Å². The van der Waals surface area contributed by atoms with Crippen LogP contribution in [-0.4, -0.2) is 11.0 Å². The van der Waals surface area contributed by atoms with Gasteiger partial charge in [0, 0.05) is 12.1 Å². The summed E-state index contributed by atoms with van der Waals surface area (Å²) in [4.78, 5) is 11.7. The summed E-state index contributed by atoms with van der Waals surface area (Å²) in [5.74, 6) is -3.88. The maximum absolute atomic E-state index is 13.3. The van der Waals surface area contributed by atoms with Crippen LogP contribution in [0.5, 0.6) is 5.75 Å². The Morgan fingerprint density at radius 2 is 1.63 bits per heavy atom. The molecule has 98 valence electrons. The SMILES string of the molecule is O=C(Nc1ccc(F)cc1O)c1ccc(F)cc1F. The Morgan fingerprint density at radius 1 is 1.00 bits per heavy atom. The zero-order valence-corrected chi connectivity index (χ0v) is 9.45. The normalized spacial score (nSPS) is 10.3. The molecule has 3 nitrogen and oxygen atoms in total. The van der Waals surface area contributed by atoms with Gasteiger partial charge in [0.15, 0.2) is 0 Å². The Hall–Kier alpha value is -2.50. The van der Waals surface area contributed by atoms with Crippen molar-refractivity contribution in [2.24, 2.45) is 0 Å². The van der Waals surface area contributed by atoms with E-state index >= 15 is 0 Å². The van der Waals surface area contributed by atoms with Gasteiger partial charge in [-0.2, -0.15) is 0 Å². The van der Waals surface area contributed by atoms with E-state index in [2.05, 4.69) is 5.32 Å². The van der Waals surface area contributed by atoms with E-state index in [0.717, 1.165) is 30.3 Å². The zero-order valence-electron chi connectivity index (χ0n) is 9.45. The van der Waals surface area contributed by atoms with Crippen LogP contribution in [0.2, 0.25) is 0 Å². The predicted molar refractivity (Wildman–Crippen MR) is 62.4 cm³/mol. The molecule has 2 aromatic carbocycles. The number of carbonyl (C=O) groups is 1. The van der Waals surface area contributed by atoms with Crippen LogP contribution in [0.15, 0.2) is 36.4 Å². The van der Waals surface area contributed by atoms with Gasteiger partial charge >= 0.3 is 0 Å². The molecule has 0 fully saturated rings. The molecule has 6 heteroatoms. The molecule has 0 aromatic heterocycles. The van der Waals surface area contributed by atoms with Gasteiger partial charge in [0.1, 0.15) is 23.2 Å². The summed E-state index contributed by atoms with van der Waals surface area (Å²) in [6, 6.07) is 5.43. The smallest absolute Gasteiger partial charge is 0.258 e. The number of nitrogens with one attached hydrogen (secondary N) is 1. The third-order valence-electron chi connectivity index (χ3n) is 2.38. The van der Waals surface area contributed by atoms with Crippen molar-refractivity contribution in [3.63, 3.8) is 0 Å². The summed E-state index contributed by atoms with van der Waals surface area (Å²) in [5.41, 5.74) is -0.458. The summed E-state index contributed by atoms with van der Waals surface area (Å²) >= 11 is 0. The summed E-state index contributed by atoms with van der Waals surface area (Å²) in [5, 5.41) is 11.6. The number of hydrogen-bond acceptors (Lipinski definition) is 2. The van der Waals surface area contributed by atoms with Crippen LogP contribution in [-0.2, 0) is 0 Å². The minimum Gasteiger partial charge on any atom is -0.506 e. The van der Waals surface area contributed by atoms with Gasteiger partial charge in [-0.3, -0.25) is 4.79 Å². The summed E-state index contributed by atoms with van der Waals surface area (Å²) in [7, 11) is 0. The maximum atomic E-state index is 13.3. The molecule has 0 saturated heterocycles. The van der Waals surface area contributed by atoms with Crippen LogP contribution in [0.4, 0.5) is 18.9 Å². The lowest BCUT2D eigenvalue weighted by Gasteiger charge is -2.08. The molecule has 0 aliphatic heterocycles. The highest BCUT2D eigenvalue weighted by atomic mass is 19.1. The third-order valence-corrected chi connectivity index (χ3v) is 2.38. The van der Waals surface area contributed by atoms with E-state index in [1.807, 2.05) is 0 Å². The van der Waals surface area contributed by atoms with Crippen molar-refractivity contribution in [3.8, 4) is 5.75 Å². The Morgan fingerprint density at radius 3 is 2.26 bits per heavy atom. The van der Waals surface area contributed by atoms with E-state index in [0.29, 0.717) is 6.07 Å². The minimum absolute atomic E-state index is 0.0740. The van der Waals surface area contributed by atoms with E-state index in [4.69, 9.17) is 0 Å². The fourth-order valence-corrected chi connectivity index (χ4v) is 1.47. The molecule has 0 aliphatic carbocycles. The maximum Gasteiger partial charge on any atom is 0.258 e. The first-order valence-electron chi connectivity index (χ1n) is 5.22. The lowest BCUT2D eigenvalue weighted by atomic mass is 10.2. The first-order chi connectivity index (χ1) is 8.97. The standard InChI is InChI=1S/C13H8F3NO2/c14-7-1-3-9(10(16)5-7)13(19)17-11-4-2-8(15)6-12(11)18/h1-6,18H,(H,17,19). The second-order valence-corrected chi connectivity index (χ2v) is 3.74. The number of carbonyl (C=O) groups excluding carboxylic acids is 1. The number of phenolic OH excluding ortho intramolecular Hbond substituents is 1. The topological polar surface area (TPSA) is 49.3 Å². The van der Waals surface area contributed by atoms with Gasteiger partial charge in [0.05, 0.1) is 11.3 Å². The van der Waals surface area contributed by atoms with Gasteiger partial charge < -0.3 is 10.4 Å². The Balaban J connectivity index is 2.25. The number of rotatable bonds is 2. The quantitative estimate of drug-likeness (QED) is 0.821. The summed E-state index contributed by atoms with van der Waals surface area (Å²) < 4.78 is 38.8. The molecular formula is C13H8F3NO2. The minimum atomic E-state index is -1.03. The molecule has 2 rings (SSSR count). The molecule has 1 amide bonds. The van der Waals surface area contributed by atoms with Crippen molar-refractivity contribution in [1.29, 1.82) is 0 Å². The van der Waals surface area contributed by atoms with E-state index in [9.17, 15) is 23.1 Å². The molecular weight excluding hydrogens is 259 g/mol. The largest absolute Gasteiger partial charge is 0.506 e. The second kappa shape index (κ2) is 5.01. The van der Waals surface area contributed by atoms with Crippen molar-refractivity contribution in [2.75, 3.05) is 5.32 Å². The molecule has 0 atom stereocenters. The van der Waals surface area contributed by atoms with Crippen molar-refractivity contribution >= 4 is 11.6 Å². The molecule has 0 saturated carbocycles. The van der Waals surface area contributed by atoms with Crippen LogP contribution in [0.1, 0.15) is 10.4 Å². The molecule has 0 bridgehead atoms. The lowest BCUT2D eigenvalue weighted by molar-refractivity contribution is 0.102. The van der Waals surface area contributed by atoms with Gasteiger partial charge in [-0.05, 0) is 24.3 Å².